The summed E-state index contributed by atoms with van der Waals surface area (Å²) in [6, 6.07) is 14.6. The lowest BCUT2D eigenvalue weighted by molar-refractivity contribution is 0.0473. The molecule has 0 saturated heterocycles. The molecule has 0 bridgehead atoms. The predicted octanol–water partition coefficient (Wildman–Crippen LogP) is 4.01. The van der Waals surface area contributed by atoms with Crippen LogP contribution in [0.4, 0.5) is 0 Å². The third-order valence-corrected chi connectivity index (χ3v) is 2.94. The first-order valence-electron chi connectivity index (χ1n) is 5.64. The summed E-state index contributed by atoms with van der Waals surface area (Å²) in [6.45, 7) is 2.16. The Morgan fingerprint density at radius 1 is 1.17 bits per heavy atom. The van der Waals surface area contributed by atoms with Gasteiger partial charge in [0.15, 0.2) is 0 Å². The summed E-state index contributed by atoms with van der Waals surface area (Å²) in [6.07, 6.45) is 0. The first-order chi connectivity index (χ1) is 8.66. The molecule has 0 unspecified atom stereocenters. The van der Waals surface area contributed by atoms with Gasteiger partial charge in [-0.1, -0.05) is 47.5 Å². The van der Waals surface area contributed by atoms with Gasteiger partial charge in [-0.3, -0.25) is 0 Å². The predicted molar refractivity (Wildman–Crippen MR) is 71.8 cm³/mol. The summed E-state index contributed by atoms with van der Waals surface area (Å²) in [5.41, 5.74) is 2.45. The third kappa shape index (κ3) is 3.11. The van der Waals surface area contributed by atoms with Gasteiger partial charge in [0.2, 0.25) is 0 Å². The Bertz CT molecular complexity index is 550. The fraction of sp³-hybridized carbons (Fsp3) is 0.133. The van der Waals surface area contributed by atoms with Gasteiger partial charge in [-0.2, -0.15) is 0 Å². The van der Waals surface area contributed by atoms with Gasteiger partial charge in [0, 0.05) is 10.6 Å². The molecule has 0 atom stereocenters. The number of carbonyl (C=O) groups is 1. The van der Waals surface area contributed by atoms with Gasteiger partial charge < -0.3 is 4.74 Å². The average Bonchev–Trinajstić information content (AvgIpc) is 2.40. The van der Waals surface area contributed by atoms with Crippen LogP contribution in [-0.4, -0.2) is 5.97 Å². The minimum absolute atomic E-state index is 0.189. The minimum atomic E-state index is -0.340. The second-order valence-corrected chi connectivity index (χ2v) is 4.44. The number of aryl methyl sites for hydroxylation is 1. The highest BCUT2D eigenvalue weighted by Gasteiger charge is 2.08. The van der Waals surface area contributed by atoms with E-state index >= 15 is 0 Å². The van der Waals surface area contributed by atoms with E-state index in [1.165, 1.54) is 0 Å². The van der Waals surface area contributed by atoms with Gasteiger partial charge in [-0.15, -0.1) is 0 Å². The van der Waals surface area contributed by atoms with Crippen molar-refractivity contribution in [3.05, 3.63) is 70.2 Å². The van der Waals surface area contributed by atoms with Gasteiger partial charge >= 0.3 is 5.97 Å². The monoisotopic (exact) mass is 260 g/mol. The van der Waals surface area contributed by atoms with Crippen LogP contribution in [0.15, 0.2) is 48.5 Å². The normalized spacial score (nSPS) is 10.1. The zero-order valence-electron chi connectivity index (χ0n) is 10.0. The van der Waals surface area contributed by atoms with E-state index in [9.17, 15) is 4.79 Å². The Labute approximate surface area is 111 Å². The summed E-state index contributed by atoms with van der Waals surface area (Å²) < 4.78 is 5.23. The zero-order valence-corrected chi connectivity index (χ0v) is 10.8. The largest absolute Gasteiger partial charge is 0.457 e. The zero-order chi connectivity index (χ0) is 13.0. The molecule has 0 radical (unpaired) electrons. The van der Waals surface area contributed by atoms with Gasteiger partial charge in [-0.25, -0.2) is 4.79 Å². The summed E-state index contributed by atoms with van der Waals surface area (Å²) in [7, 11) is 0. The van der Waals surface area contributed by atoms with Crippen LogP contribution >= 0.6 is 11.6 Å². The number of carbonyl (C=O) groups excluding carboxylic acids is 1. The number of hydrogen-bond acceptors (Lipinski definition) is 2. The molecule has 0 fully saturated rings. The Morgan fingerprint density at radius 3 is 2.61 bits per heavy atom. The van der Waals surface area contributed by atoms with E-state index in [1.54, 1.807) is 24.3 Å². The molecule has 0 spiro atoms. The molecule has 18 heavy (non-hydrogen) atoms. The van der Waals surface area contributed by atoms with Crippen molar-refractivity contribution in [1.29, 1.82) is 0 Å². The fourth-order valence-electron chi connectivity index (χ4n) is 1.62. The lowest BCUT2D eigenvalue weighted by Gasteiger charge is -2.07. The molecule has 0 aliphatic rings. The molecule has 0 heterocycles. The number of ether oxygens (including phenoxy) is 1. The maximum absolute atomic E-state index is 11.7. The molecule has 0 saturated carbocycles. The highest BCUT2D eigenvalue weighted by molar-refractivity contribution is 6.31. The highest BCUT2D eigenvalue weighted by Crippen LogP contribution is 2.18. The lowest BCUT2D eigenvalue weighted by atomic mass is 10.1. The van der Waals surface area contributed by atoms with Crippen LogP contribution in [-0.2, 0) is 11.3 Å². The maximum atomic E-state index is 11.7. The number of benzene rings is 2. The van der Waals surface area contributed by atoms with Crippen molar-refractivity contribution in [1.82, 2.24) is 0 Å². The summed E-state index contributed by atoms with van der Waals surface area (Å²) >= 11 is 6.03. The fourth-order valence-corrected chi connectivity index (χ4v) is 1.79. The molecular formula is C15H13ClO2. The Kier molecular flexibility index (Phi) is 4.00. The van der Waals surface area contributed by atoms with Crippen LogP contribution in [0.25, 0.3) is 0 Å². The van der Waals surface area contributed by atoms with E-state index in [0.29, 0.717) is 10.6 Å². The van der Waals surface area contributed by atoms with Crippen molar-refractivity contribution in [2.45, 2.75) is 13.5 Å². The number of hydrogen-bond donors (Lipinski definition) is 0. The highest BCUT2D eigenvalue weighted by atomic mass is 35.5. The van der Waals surface area contributed by atoms with Gasteiger partial charge in [0.25, 0.3) is 0 Å². The Balaban J connectivity index is 2.04. The van der Waals surface area contributed by atoms with E-state index in [1.807, 2.05) is 31.2 Å². The molecule has 0 amide bonds. The molecule has 2 rings (SSSR count). The molecule has 92 valence electrons. The molecule has 0 aliphatic carbocycles. The molecule has 2 aromatic carbocycles. The quantitative estimate of drug-likeness (QED) is 0.780. The molecule has 0 aromatic heterocycles. The van der Waals surface area contributed by atoms with Crippen molar-refractivity contribution in [2.24, 2.45) is 0 Å². The van der Waals surface area contributed by atoms with Crippen molar-refractivity contribution in [3.63, 3.8) is 0 Å². The van der Waals surface area contributed by atoms with Crippen LogP contribution < -0.4 is 0 Å². The van der Waals surface area contributed by atoms with Crippen molar-refractivity contribution < 1.29 is 9.53 Å². The second-order valence-electron chi connectivity index (χ2n) is 4.04. The van der Waals surface area contributed by atoms with E-state index in [4.69, 9.17) is 16.3 Å². The van der Waals surface area contributed by atoms with Gasteiger partial charge in [0.05, 0.1) is 5.56 Å². The van der Waals surface area contributed by atoms with E-state index < -0.39 is 0 Å². The standard InChI is InChI=1S/C15H13ClO2/c1-11-7-8-14(16)13(9-11)10-18-15(17)12-5-3-2-4-6-12/h2-9H,10H2,1H3. The molecule has 0 N–H and O–H groups in total. The third-order valence-electron chi connectivity index (χ3n) is 2.57. The molecular weight excluding hydrogens is 248 g/mol. The molecule has 3 heteroatoms. The van der Waals surface area contributed by atoms with Gasteiger partial charge in [0.1, 0.15) is 6.61 Å². The average molecular weight is 261 g/mol. The summed E-state index contributed by atoms with van der Waals surface area (Å²) in [5.74, 6) is -0.340. The van der Waals surface area contributed by atoms with E-state index in [0.717, 1.165) is 11.1 Å². The molecule has 2 aromatic rings. The minimum Gasteiger partial charge on any atom is -0.457 e. The molecule has 2 nitrogen and oxygen atoms in total. The van der Waals surface area contributed by atoms with Crippen molar-refractivity contribution in [3.8, 4) is 0 Å². The van der Waals surface area contributed by atoms with E-state index in [2.05, 4.69) is 0 Å². The number of esters is 1. The topological polar surface area (TPSA) is 26.3 Å². The first-order valence-corrected chi connectivity index (χ1v) is 6.02. The summed E-state index contributed by atoms with van der Waals surface area (Å²) in [4.78, 5) is 11.7. The number of rotatable bonds is 3. The van der Waals surface area contributed by atoms with Crippen molar-refractivity contribution in [2.75, 3.05) is 0 Å². The lowest BCUT2D eigenvalue weighted by Crippen LogP contribution is -2.05. The number of halogens is 1. The Hall–Kier alpha value is -1.80. The van der Waals surface area contributed by atoms with Crippen LogP contribution in [0, 0.1) is 6.92 Å². The van der Waals surface area contributed by atoms with Crippen molar-refractivity contribution >= 4 is 17.6 Å². The van der Waals surface area contributed by atoms with E-state index in [-0.39, 0.29) is 12.6 Å². The van der Waals surface area contributed by atoms with Crippen LogP contribution in [0.1, 0.15) is 21.5 Å². The van der Waals surface area contributed by atoms with Gasteiger partial charge in [-0.05, 0) is 25.1 Å². The van der Waals surface area contributed by atoms with Crippen LogP contribution in [0.3, 0.4) is 0 Å². The smallest absolute Gasteiger partial charge is 0.338 e. The second kappa shape index (κ2) is 5.69. The SMILES string of the molecule is Cc1ccc(Cl)c(COC(=O)c2ccccc2)c1. The van der Waals surface area contributed by atoms with Crippen LogP contribution in [0.5, 0.6) is 0 Å². The Morgan fingerprint density at radius 2 is 1.89 bits per heavy atom. The molecule has 0 aliphatic heterocycles. The van der Waals surface area contributed by atoms with Crippen LogP contribution in [0.2, 0.25) is 5.02 Å². The summed E-state index contributed by atoms with van der Waals surface area (Å²) in [5, 5.41) is 0.612. The first kappa shape index (κ1) is 12.7. The maximum Gasteiger partial charge on any atom is 0.338 e.